The summed E-state index contributed by atoms with van der Waals surface area (Å²) in [4.78, 5) is 11.5. The predicted octanol–water partition coefficient (Wildman–Crippen LogP) is 3.06. The first-order chi connectivity index (χ1) is 8.32. The molecule has 0 saturated carbocycles. The molecule has 6 heteroatoms. The van der Waals surface area contributed by atoms with Gasteiger partial charge in [0.05, 0.1) is 29.4 Å². The molecular weight excluding hydrogens is 247 g/mol. The van der Waals surface area contributed by atoms with Crippen LogP contribution in [0.5, 0.6) is 0 Å². The maximum Gasteiger partial charge on any atom is 0.417 e. The summed E-state index contributed by atoms with van der Waals surface area (Å²) in [6.45, 7) is 2.77. The molecule has 0 unspecified atom stereocenters. The molecule has 0 aromatic heterocycles. The third-order valence-electron chi connectivity index (χ3n) is 2.36. The van der Waals surface area contributed by atoms with Gasteiger partial charge in [-0.3, -0.25) is 0 Å². The van der Waals surface area contributed by atoms with Gasteiger partial charge in [0, 0.05) is 0 Å². The zero-order chi connectivity index (χ0) is 13.9. The summed E-state index contributed by atoms with van der Waals surface area (Å²) in [5, 5.41) is 8.67. The number of alkyl halides is 3. The van der Waals surface area contributed by atoms with Gasteiger partial charge in [0.25, 0.3) is 0 Å². The average molecular weight is 257 g/mol. The van der Waals surface area contributed by atoms with Crippen LogP contribution in [0.3, 0.4) is 0 Å². The van der Waals surface area contributed by atoms with Crippen molar-refractivity contribution in [1.82, 2.24) is 0 Å². The topological polar surface area (TPSA) is 50.1 Å². The van der Waals surface area contributed by atoms with Crippen LogP contribution in [0.2, 0.25) is 0 Å². The van der Waals surface area contributed by atoms with E-state index in [-0.39, 0.29) is 17.7 Å². The normalized spacial score (nSPS) is 10.9. The molecule has 0 amide bonds. The molecule has 1 aromatic rings. The molecule has 0 bridgehead atoms. The van der Waals surface area contributed by atoms with Gasteiger partial charge in [-0.15, -0.1) is 0 Å². The Labute approximate surface area is 102 Å². The molecule has 0 fully saturated rings. The van der Waals surface area contributed by atoms with Crippen LogP contribution in [-0.4, -0.2) is 12.6 Å². The van der Waals surface area contributed by atoms with Crippen molar-refractivity contribution in [3.8, 4) is 6.07 Å². The van der Waals surface area contributed by atoms with Crippen molar-refractivity contribution in [2.75, 3.05) is 6.61 Å². The lowest BCUT2D eigenvalue weighted by Crippen LogP contribution is -2.15. The number of carbonyl (C=O) groups excluding carboxylic acids is 1. The van der Waals surface area contributed by atoms with Crippen LogP contribution in [0.15, 0.2) is 12.1 Å². The molecule has 0 heterocycles. The Kier molecular flexibility index (Phi) is 3.96. The Morgan fingerprint density at radius 2 is 2.06 bits per heavy atom. The van der Waals surface area contributed by atoms with Crippen molar-refractivity contribution < 1.29 is 22.7 Å². The van der Waals surface area contributed by atoms with E-state index in [2.05, 4.69) is 4.74 Å². The second kappa shape index (κ2) is 5.08. The summed E-state index contributed by atoms with van der Waals surface area (Å²) in [6, 6.07) is 3.61. The molecule has 18 heavy (non-hydrogen) atoms. The minimum absolute atomic E-state index is 0.0691. The molecule has 96 valence electrons. The van der Waals surface area contributed by atoms with E-state index in [0.717, 1.165) is 13.0 Å². The largest absolute Gasteiger partial charge is 0.462 e. The molecule has 3 nitrogen and oxygen atoms in total. The number of carbonyl (C=O) groups is 1. The van der Waals surface area contributed by atoms with Gasteiger partial charge in [-0.05, 0) is 31.5 Å². The average Bonchev–Trinajstić information content (AvgIpc) is 2.26. The highest BCUT2D eigenvalue weighted by Gasteiger charge is 2.37. The van der Waals surface area contributed by atoms with Gasteiger partial charge in [0.15, 0.2) is 0 Å². The summed E-state index contributed by atoms with van der Waals surface area (Å²) in [5.41, 5.74) is -2.06. The first-order valence-corrected chi connectivity index (χ1v) is 5.11. The molecule has 0 atom stereocenters. The Bertz CT molecular complexity index is 515. The van der Waals surface area contributed by atoms with Gasteiger partial charge >= 0.3 is 12.1 Å². The first-order valence-electron chi connectivity index (χ1n) is 5.11. The van der Waals surface area contributed by atoms with Crippen molar-refractivity contribution in [2.45, 2.75) is 20.0 Å². The second-order valence-corrected chi connectivity index (χ2v) is 3.49. The predicted molar refractivity (Wildman–Crippen MR) is 56.9 cm³/mol. The lowest BCUT2D eigenvalue weighted by molar-refractivity contribution is -0.138. The van der Waals surface area contributed by atoms with Crippen molar-refractivity contribution in [1.29, 1.82) is 5.26 Å². The molecule has 0 saturated heterocycles. The Morgan fingerprint density at radius 1 is 1.44 bits per heavy atom. The molecule has 0 radical (unpaired) electrons. The fraction of sp³-hybridized carbons (Fsp3) is 0.333. The van der Waals surface area contributed by atoms with Crippen LogP contribution in [-0.2, 0) is 10.9 Å². The minimum Gasteiger partial charge on any atom is -0.462 e. The van der Waals surface area contributed by atoms with Crippen molar-refractivity contribution >= 4 is 5.97 Å². The molecule has 0 aliphatic heterocycles. The van der Waals surface area contributed by atoms with Crippen LogP contribution in [0.1, 0.15) is 34.0 Å². The van der Waals surface area contributed by atoms with Crippen LogP contribution in [0.25, 0.3) is 0 Å². The molecule has 0 N–H and O–H groups in total. The highest BCUT2D eigenvalue weighted by atomic mass is 19.4. The molecule has 0 aliphatic rings. The van der Waals surface area contributed by atoms with Crippen molar-refractivity contribution in [2.24, 2.45) is 0 Å². The highest BCUT2D eigenvalue weighted by molar-refractivity contribution is 5.91. The monoisotopic (exact) mass is 257 g/mol. The maximum atomic E-state index is 12.8. The van der Waals surface area contributed by atoms with Crippen LogP contribution in [0.4, 0.5) is 13.2 Å². The van der Waals surface area contributed by atoms with Gasteiger partial charge in [-0.25, -0.2) is 4.79 Å². The number of hydrogen-bond donors (Lipinski definition) is 0. The summed E-state index contributed by atoms with van der Waals surface area (Å²) in [5.74, 6) is -0.829. The lowest BCUT2D eigenvalue weighted by atomic mass is 9.97. The quantitative estimate of drug-likeness (QED) is 0.765. The van der Waals surface area contributed by atoms with E-state index < -0.39 is 23.3 Å². The summed E-state index contributed by atoms with van der Waals surface area (Å²) in [7, 11) is 0. The third-order valence-corrected chi connectivity index (χ3v) is 2.36. The maximum absolute atomic E-state index is 12.8. The number of nitrogens with zero attached hydrogens (tertiary/aromatic N) is 1. The number of nitriles is 1. The molecule has 0 spiro atoms. The van der Waals surface area contributed by atoms with E-state index in [1.165, 1.54) is 12.1 Å². The molecular formula is C12H10F3NO2. The highest BCUT2D eigenvalue weighted by Crippen LogP contribution is 2.35. The first kappa shape index (κ1) is 14.0. The lowest BCUT2D eigenvalue weighted by Gasteiger charge is -2.14. The molecule has 1 rings (SSSR count). The Hall–Kier alpha value is -2.03. The van der Waals surface area contributed by atoms with E-state index in [1.807, 2.05) is 0 Å². The van der Waals surface area contributed by atoms with Gasteiger partial charge in [-0.2, -0.15) is 18.4 Å². The van der Waals surface area contributed by atoms with Gasteiger partial charge in [-0.1, -0.05) is 0 Å². The number of ether oxygens (including phenoxy) is 1. The number of hydrogen-bond acceptors (Lipinski definition) is 3. The van der Waals surface area contributed by atoms with E-state index >= 15 is 0 Å². The van der Waals surface area contributed by atoms with Crippen LogP contribution >= 0.6 is 0 Å². The standard InChI is InChI=1S/C12H10F3NO2/c1-3-18-11(17)9-5-4-8(6-16)10(7(9)2)12(13,14)15/h4-5H,3H2,1-2H3. The molecule has 1 aromatic carbocycles. The Morgan fingerprint density at radius 3 is 2.50 bits per heavy atom. The fourth-order valence-corrected chi connectivity index (χ4v) is 1.60. The summed E-state index contributed by atoms with van der Waals surface area (Å²) in [6.07, 6.45) is -4.68. The van der Waals surface area contributed by atoms with Gasteiger partial charge in [0.2, 0.25) is 0 Å². The SMILES string of the molecule is CCOC(=O)c1ccc(C#N)c(C(F)(F)F)c1C. The van der Waals surface area contributed by atoms with E-state index in [1.54, 1.807) is 6.92 Å². The van der Waals surface area contributed by atoms with E-state index in [9.17, 15) is 18.0 Å². The number of halogens is 3. The third kappa shape index (κ3) is 2.62. The zero-order valence-electron chi connectivity index (χ0n) is 9.76. The fourth-order valence-electron chi connectivity index (χ4n) is 1.60. The van der Waals surface area contributed by atoms with Crippen molar-refractivity contribution in [3.63, 3.8) is 0 Å². The van der Waals surface area contributed by atoms with Crippen LogP contribution < -0.4 is 0 Å². The van der Waals surface area contributed by atoms with E-state index in [0.29, 0.717) is 0 Å². The smallest absolute Gasteiger partial charge is 0.417 e. The summed E-state index contributed by atoms with van der Waals surface area (Å²) < 4.78 is 43.1. The van der Waals surface area contributed by atoms with Crippen LogP contribution in [0, 0.1) is 18.3 Å². The minimum atomic E-state index is -4.68. The Balaban J connectivity index is 3.45. The zero-order valence-corrected chi connectivity index (χ0v) is 9.76. The van der Waals surface area contributed by atoms with Gasteiger partial charge < -0.3 is 4.74 Å². The number of benzene rings is 1. The number of rotatable bonds is 2. The molecule has 0 aliphatic carbocycles. The number of esters is 1. The van der Waals surface area contributed by atoms with Gasteiger partial charge in [0.1, 0.15) is 0 Å². The van der Waals surface area contributed by atoms with E-state index in [4.69, 9.17) is 5.26 Å². The van der Waals surface area contributed by atoms with Crippen molar-refractivity contribution in [3.05, 3.63) is 34.4 Å². The summed E-state index contributed by atoms with van der Waals surface area (Å²) >= 11 is 0. The second-order valence-electron chi connectivity index (χ2n) is 3.49.